The first-order chi connectivity index (χ1) is 7.59. The molecule has 0 fully saturated rings. The van der Waals surface area contributed by atoms with Gasteiger partial charge in [-0.15, -0.1) is 0 Å². The van der Waals surface area contributed by atoms with E-state index in [2.05, 4.69) is 5.16 Å². The summed E-state index contributed by atoms with van der Waals surface area (Å²) in [6.45, 7) is 3.99. The molecule has 2 aromatic rings. The molecule has 2 N–H and O–H groups in total. The standard InChI is InChI=1S/C12H13FN2O/c1-7(2)11-10(12(14)15-16-11)8-3-5-9(13)6-4-8/h3-7H,1-2H3,(H2,14,15). The van der Waals surface area contributed by atoms with E-state index in [0.29, 0.717) is 5.82 Å². The third-order valence-corrected chi connectivity index (χ3v) is 2.40. The van der Waals surface area contributed by atoms with Crippen molar-refractivity contribution >= 4 is 5.82 Å². The van der Waals surface area contributed by atoms with E-state index in [4.69, 9.17) is 10.3 Å². The molecule has 4 heteroatoms. The summed E-state index contributed by atoms with van der Waals surface area (Å²) in [6, 6.07) is 6.13. The van der Waals surface area contributed by atoms with Crippen molar-refractivity contribution in [3.8, 4) is 11.1 Å². The second kappa shape index (κ2) is 3.96. The van der Waals surface area contributed by atoms with Crippen LogP contribution in [0, 0.1) is 5.82 Å². The van der Waals surface area contributed by atoms with Crippen LogP contribution in [0.5, 0.6) is 0 Å². The van der Waals surface area contributed by atoms with Crippen molar-refractivity contribution in [1.82, 2.24) is 5.16 Å². The van der Waals surface area contributed by atoms with Crippen LogP contribution in [0.1, 0.15) is 25.5 Å². The third-order valence-electron chi connectivity index (χ3n) is 2.40. The minimum atomic E-state index is -0.273. The largest absolute Gasteiger partial charge is 0.380 e. The van der Waals surface area contributed by atoms with Gasteiger partial charge in [0.25, 0.3) is 0 Å². The van der Waals surface area contributed by atoms with Crippen LogP contribution in [0.25, 0.3) is 11.1 Å². The van der Waals surface area contributed by atoms with E-state index in [-0.39, 0.29) is 11.7 Å². The highest BCUT2D eigenvalue weighted by Gasteiger charge is 2.18. The van der Waals surface area contributed by atoms with Gasteiger partial charge in [0.05, 0.1) is 5.56 Å². The monoisotopic (exact) mass is 220 g/mol. The van der Waals surface area contributed by atoms with Crippen LogP contribution in [-0.4, -0.2) is 5.16 Å². The van der Waals surface area contributed by atoms with Crippen molar-refractivity contribution in [2.75, 3.05) is 5.73 Å². The molecule has 2 rings (SSSR count). The number of anilines is 1. The number of halogens is 1. The molecule has 0 aliphatic carbocycles. The Morgan fingerprint density at radius 3 is 2.44 bits per heavy atom. The van der Waals surface area contributed by atoms with Crippen molar-refractivity contribution in [2.24, 2.45) is 0 Å². The first-order valence-electron chi connectivity index (χ1n) is 5.10. The molecule has 0 atom stereocenters. The third kappa shape index (κ3) is 1.78. The molecule has 0 saturated heterocycles. The van der Waals surface area contributed by atoms with Crippen molar-refractivity contribution in [2.45, 2.75) is 19.8 Å². The second-order valence-corrected chi connectivity index (χ2v) is 3.97. The number of nitrogens with zero attached hydrogens (tertiary/aromatic N) is 1. The molecule has 0 radical (unpaired) electrons. The number of nitrogen functional groups attached to an aromatic ring is 1. The van der Waals surface area contributed by atoms with Crippen molar-refractivity contribution in [1.29, 1.82) is 0 Å². The predicted octanol–water partition coefficient (Wildman–Crippen LogP) is 3.19. The Morgan fingerprint density at radius 2 is 1.88 bits per heavy atom. The van der Waals surface area contributed by atoms with Crippen LogP contribution >= 0.6 is 0 Å². The summed E-state index contributed by atoms with van der Waals surface area (Å²) in [5.41, 5.74) is 7.33. The zero-order valence-electron chi connectivity index (χ0n) is 9.20. The van der Waals surface area contributed by atoms with E-state index in [0.717, 1.165) is 16.9 Å². The molecule has 0 bridgehead atoms. The van der Waals surface area contributed by atoms with Crippen LogP contribution in [0.3, 0.4) is 0 Å². The molecule has 16 heavy (non-hydrogen) atoms. The van der Waals surface area contributed by atoms with E-state index < -0.39 is 0 Å². The fourth-order valence-electron chi connectivity index (χ4n) is 1.62. The summed E-state index contributed by atoms with van der Waals surface area (Å²) in [6.07, 6.45) is 0. The predicted molar refractivity (Wildman–Crippen MR) is 60.4 cm³/mol. The molecule has 1 aromatic heterocycles. The van der Waals surface area contributed by atoms with E-state index in [1.807, 2.05) is 13.8 Å². The summed E-state index contributed by atoms with van der Waals surface area (Å²) >= 11 is 0. The van der Waals surface area contributed by atoms with Gasteiger partial charge in [-0.3, -0.25) is 0 Å². The number of hydrogen-bond acceptors (Lipinski definition) is 3. The van der Waals surface area contributed by atoms with Crippen LogP contribution in [-0.2, 0) is 0 Å². The van der Waals surface area contributed by atoms with Crippen LogP contribution in [0.2, 0.25) is 0 Å². The topological polar surface area (TPSA) is 52.0 Å². The van der Waals surface area contributed by atoms with Gasteiger partial charge in [-0.2, -0.15) is 0 Å². The van der Waals surface area contributed by atoms with Crippen molar-refractivity contribution in [3.05, 3.63) is 35.8 Å². The Labute approximate surface area is 93.1 Å². The minimum Gasteiger partial charge on any atom is -0.380 e. The van der Waals surface area contributed by atoms with Gasteiger partial charge < -0.3 is 10.3 Å². The average Bonchev–Trinajstić information content (AvgIpc) is 2.62. The molecule has 3 nitrogen and oxygen atoms in total. The van der Waals surface area contributed by atoms with Crippen LogP contribution < -0.4 is 5.73 Å². The Bertz CT molecular complexity index is 488. The first kappa shape index (κ1) is 10.7. The van der Waals surface area contributed by atoms with Gasteiger partial charge >= 0.3 is 0 Å². The smallest absolute Gasteiger partial charge is 0.175 e. The number of nitrogens with two attached hydrogens (primary N) is 1. The maximum absolute atomic E-state index is 12.8. The zero-order chi connectivity index (χ0) is 11.7. The number of hydrogen-bond donors (Lipinski definition) is 1. The normalized spacial score (nSPS) is 11.0. The van der Waals surface area contributed by atoms with Crippen LogP contribution in [0.4, 0.5) is 10.2 Å². The molecule has 0 saturated carbocycles. The number of aromatic nitrogens is 1. The molecule has 84 valence electrons. The lowest BCUT2D eigenvalue weighted by Crippen LogP contribution is -1.92. The van der Waals surface area contributed by atoms with Gasteiger partial charge in [-0.25, -0.2) is 4.39 Å². The molecule has 0 amide bonds. The van der Waals surface area contributed by atoms with Crippen molar-refractivity contribution in [3.63, 3.8) is 0 Å². The summed E-state index contributed by atoms with van der Waals surface area (Å²) in [5, 5.41) is 3.75. The lowest BCUT2D eigenvalue weighted by atomic mass is 10.00. The molecule has 1 heterocycles. The SMILES string of the molecule is CC(C)c1onc(N)c1-c1ccc(F)cc1. The van der Waals surface area contributed by atoms with Gasteiger partial charge in [-0.05, 0) is 17.7 Å². The zero-order valence-corrected chi connectivity index (χ0v) is 9.20. The quantitative estimate of drug-likeness (QED) is 0.845. The Morgan fingerprint density at radius 1 is 1.25 bits per heavy atom. The van der Waals surface area contributed by atoms with Gasteiger partial charge in [0, 0.05) is 5.92 Å². The number of benzene rings is 1. The highest BCUT2D eigenvalue weighted by Crippen LogP contribution is 2.33. The Hall–Kier alpha value is -1.84. The Balaban J connectivity index is 2.54. The second-order valence-electron chi connectivity index (χ2n) is 3.97. The lowest BCUT2D eigenvalue weighted by molar-refractivity contribution is 0.374. The van der Waals surface area contributed by atoms with Gasteiger partial charge in [0.1, 0.15) is 11.6 Å². The summed E-state index contributed by atoms with van der Waals surface area (Å²) in [4.78, 5) is 0. The maximum Gasteiger partial charge on any atom is 0.175 e. The molecule has 0 aliphatic rings. The highest BCUT2D eigenvalue weighted by molar-refractivity contribution is 5.75. The van der Waals surface area contributed by atoms with Crippen LogP contribution in [0.15, 0.2) is 28.8 Å². The van der Waals surface area contributed by atoms with E-state index in [1.165, 1.54) is 12.1 Å². The highest BCUT2D eigenvalue weighted by atomic mass is 19.1. The molecular weight excluding hydrogens is 207 g/mol. The molecule has 0 aliphatic heterocycles. The van der Waals surface area contributed by atoms with Crippen molar-refractivity contribution < 1.29 is 8.91 Å². The van der Waals surface area contributed by atoms with E-state index in [9.17, 15) is 4.39 Å². The molecule has 0 spiro atoms. The molecular formula is C12H13FN2O. The minimum absolute atomic E-state index is 0.185. The fraction of sp³-hybridized carbons (Fsp3) is 0.250. The first-order valence-corrected chi connectivity index (χ1v) is 5.10. The van der Waals surface area contributed by atoms with Gasteiger partial charge in [0.15, 0.2) is 5.82 Å². The number of rotatable bonds is 2. The lowest BCUT2D eigenvalue weighted by Gasteiger charge is -2.04. The van der Waals surface area contributed by atoms with E-state index in [1.54, 1.807) is 12.1 Å². The van der Waals surface area contributed by atoms with Gasteiger partial charge in [-0.1, -0.05) is 31.1 Å². The average molecular weight is 220 g/mol. The van der Waals surface area contributed by atoms with E-state index >= 15 is 0 Å². The molecule has 0 unspecified atom stereocenters. The summed E-state index contributed by atoms with van der Waals surface area (Å²) in [5.74, 6) is 0.981. The Kier molecular flexibility index (Phi) is 2.64. The summed E-state index contributed by atoms with van der Waals surface area (Å²) in [7, 11) is 0. The maximum atomic E-state index is 12.8. The summed E-state index contributed by atoms with van der Waals surface area (Å²) < 4.78 is 18.0. The van der Waals surface area contributed by atoms with Gasteiger partial charge in [0.2, 0.25) is 0 Å². The fourth-order valence-corrected chi connectivity index (χ4v) is 1.62. The molecule has 1 aromatic carbocycles.